The smallest absolute Gasteiger partial charge is 0.150 e. The van der Waals surface area contributed by atoms with E-state index in [4.69, 9.17) is 0 Å². The molecule has 2 nitrogen and oxygen atoms in total. The molecule has 1 heterocycles. The summed E-state index contributed by atoms with van der Waals surface area (Å²) in [5, 5.41) is 1.63. The fourth-order valence-electron chi connectivity index (χ4n) is 2.78. The van der Waals surface area contributed by atoms with E-state index in [0.717, 1.165) is 23.5 Å². The second-order valence-electron chi connectivity index (χ2n) is 5.53. The van der Waals surface area contributed by atoms with Crippen molar-refractivity contribution in [2.75, 3.05) is 22.2 Å². The van der Waals surface area contributed by atoms with Crippen LogP contribution < -0.4 is 0 Å². The van der Waals surface area contributed by atoms with Crippen LogP contribution in [0.25, 0.3) is 0 Å². The van der Waals surface area contributed by atoms with E-state index in [0.29, 0.717) is 11.5 Å². The number of alkyl halides is 2. The number of benzene rings is 1. The van der Waals surface area contributed by atoms with Crippen LogP contribution in [0.1, 0.15) is 12.0 Å². The van der Waals surface area contributed by atoms with Gasteiger partial charge in [-0.05, 0) is 64.5 Å². The molecule has 112 valence electrons. The maximum Gasteiger partial charge on any atom is 0.150 e. The highest BCUT2D eigenvalue weighted by Gasteiger charge is 2.43. The fraction of sp³-hybridized carbons (Fsp3) is 0.571. The van der Waals surface area contributed by atoms with E-state index in [2.05, 4.69) is 78.7 Å². The van der Waals surface area contributed by atoms with E-state index in [-0.39, 0.29) is 11.3 Å². The van der Waals surface area contributed by atoms with Gasteiger partial charge in [0, 0.05) is 14.2 Å². The van der Waals surface area contributed by atoms with Crippen LogP contribution in [-0.2, 0) is 16.3 Å². The summed E-state index contributed by atoms with van der Waals surface area (Å²) in [6.07, 6.45) is 1.69. The lowest BCUT2D eigenvalue weighted by Crippen LogP contribution is -2.37. The van der Waals surface area contributed by atoms with Crippen molar-refractivity contribution >= 4 is 64.3 Å². The third kappa shape index (κ3) is 3.98. The van der Waals surface area contributed by atoms with E-state index >= 15 is 0 Å². The highest BCUT2D eigenvalue weighted by Crippen LogP contribution is 2.41. The summed E-state index contributed by atoms with van der Waals surface area (Å²) in [5.74, 6) is 0.895. The Kier molecular flexibility index (Phi) is 5.99. The molecule has 0 spiro atoms. The standard InChI is InChI=1S/C14H17Br2IO2S/c15-9-14(10-16,12-5-6-20(18,19)8-12)7-11-1-3-13(17)4-2-11/h1-4,12H,5-10H2. The van der Waals surface area contributed by atoms with Crippen molar-refractivity contribution < 1.29 is 8.42 Å². The number of rotatable bonds is 5. The quantitative estimate of drug-likeness (QED) is 0.421. The molecule has 6 heteroatoms. The van der Waals surface area contributed by atoms with Crippen LogP contribution in [0.3, 0.4) is 0 Å². The predicted molar refractivity (Wildman–Crippen MR) is 99.6 cm³/mol. The average Bonchev–Trinajstić information content (AvgIpc) is 2.79. The van der Waals surface area contributed by atoms with Crippen molar-refractivity contribution in [1.29, 1.82) is 0 Å². The van der Waals surface area contributed by atoms with Gasteiger partial charge in [-0.25, -0.2) is 8.42 Å². The fourth-order valence-corrected chi connectivity index (χ4v) is 7.32. The highest BCUT2D eigenvalue weighted by molar-refractivity contribution is 14.1. The highest BCUT2D eigenvalue weighted by atomic mass is 127. The van der Waals surface area contributed by atoms with Crippen molar-refractivity contribution in [3.05, 3.63) is 33.4 Å². The molecule has 20 heavy (non-hydrogen) atoms. The first-order chi connectivity index (χ1) is 9.41. The van der Waals surface area contributed by atoms with E-state index in [9.17, 15) is 8.42 Å². The monoisotopic (exact) mass is 534 g/mol. The Morgan fingerprint density at radius 3 is 2.25 bits per heavy atom. The molecule has 0 amide bonds. The zero-order valence-corrected chi connectivity index (χ0v) is 17.1. The summed E-state index contributed by atoms with van der Waals surface area (Å²) in [6.45, 7) is 0. The molecule has 2 rings (SSSR count). The van der Waals surface area contributed by atoms with Gasteiger partial charge in [-0.15, -0.1) is 0 Å². The van der Waals surface area contributed by atoms with Crippen LogP contribution in [0, 0.1) is 14.9 Å². The van der Waals surface area contributed by atoms with Gasteiger partial charge < -0.3 is 0 Å². The molecule has 1 fully saturated rings. The molecule has 0 aliphatic carbocycles. The first-order valence-corrected chi connectivity index (χ1v) is 11.6. The lowest BCUT2D eigenvalue weighted by molar-refractivity contribution is 0.253. The second kappa shape index (κ2) is 6.96. The maximum absolute atomic E-state index is 11.8. The summed E-state index contributed by atoms with van der Waals surface area (Å²) < 4.78 is 24.8. The second-order valence-corrected chi connectivity index (χ2v) is 10.1. The van der Waals surface area contributed by atoms with Crippen LogP contribution in [-0.4, -0.2) is 30.6 Å². The minimum absolute atomic E-state index is 0.0314. The van der Waals surface area contributed by atoms with E-state index in [1.54, 1.807) is 0 Å². The molecule has 1 aromatic rings. The minimum atomic E-state index is -2.84. The van der Waals surface area contributed by atoms with Gasteiger partial charge in [-0.2, -0.15) is 0 Å². The molecule has 1 atom stereocenters. The summed E-state index contributed by atoms with van der Waals surface area (Å²) in [4.78, 5) is 0. The van der Waals surface area contributed by atoms with Gasteiger partial charge in [0.2, 0.25) is 0 Å². The van der Waals surface area contributed by atoms with Crippen molar-refractivity contribution in [2.24, 2.45) is 11.3 Å². The van der Waals surface area contributed by atoms with Crippen molar-refractivity contribution in [3.8, 4) is 0 Å². The topological polar surface area (TPSA) is 34.1 Å². The first kappa shape index (κ1) is 17.2. The maximum atomic E-state index is 11.8. The normalized spacial score (nSPS) is 22.1. The van der Waals surface area contributed by atoms with Crippen molar-refractivity contribution in [1.82, 2.24) is 0 Å². The van der Waals surface area contributed by atoms with Crippen LogP contribution >= 0.6 is 54.5 Å². The number of halogens is 3. The van der Waals surface area contributed by atoms with Gasteiger partial charge in [-0.1, -0.05) is 44.0 Å². The predicted octanol–water partition coefficient (Wildman–Crippen LogP) is 4.04. The molecule has 0 radical (unpaired) electrons. The lowest BCUT2D eigenvalue weighted by atomic mass is 9.74. The van der Waals surface area contributed by atoms with Gasteiger partial charge in [-0.3, -0.25) is 0 Å². The molecule has 0 aromatic heterocycles. The van der Waals surface area contributed by atoms with Gasteiger partial charge >= 0.3 is 0 Å². The number of hydrogen-bond donors (Lipinski definition) is 0. The molecule has 1 aliphatic heterocycles. The van der Waals surface area contributed by atoms with Gasteiger partial charge in [0.15, 0.2) is 9.84 Å². The zero-order chi connectivity index (χ0) is 14.8. The molecule has 0 bridgehead atoms. The van der Waals surface area contributed by atoms with Crippen molar-refractivity contribution in [3.63, 3.8) is 0 Å². The summed E-state index contributed by atoms with van der Waals surface area (Å²) in [6, 6.07) is 8.50. The summed E-state index contributed by atoms with van der Waals surface area (Å²) in [5.41, 5.74) is 1.24. The summed E-state index contributed by atoms with van der Waals surface area (Å²) >= 11 is 9.55. The third-order valence-electron chi connectivity index (χ3n) is 4.10. The molecular formula is C14H17Br2IO2S. The van der Waals surface area contributed by atoms with Crippen LogP contribution in [0.15, 0.2) is 24.3 Å². The molecule has 0 N–H and O–H groups in total. The van der Waals surface area contributed by atoms with Crippen LogP contribution in [0.4, 0.5) is 0 Å². The van der Waals surface area contributed by atoms with Crippen LogP contribution in [0.5, 0.6) is 0 Å². The molecule has 1 aliphatic rings. The lowest BCUT2D eigenvalue weighted by Gasteiger charge is -2.36. The Morgan fingerprint density at radius 2 is 1.80 bits per heavy atom. The molecule has 1 unspecified atom stereocenters. The number of hydrogen-bond acceptors (Lipinski definition) is 2. The Labute approximate surface area is 151 Å². The van der Waals surface area contributed by atoms with Crippen LogP contribution in [0.2, 0.25) is 0 Å². The molecule has 0 saturated carbocycles. The Balaban J connectivity index is 2.23. The minimum Gasteiger partial charge on any atom is -0.229 e. The molecule has 1 aromatic carbocycles. The molecule has 1 saturated heterocycles. The Bertz CT molecular complexity index is 553. The Hall–Kier alpha value is 0.860. The number of sulfone groups is 1. The largest absolute Gasteiger partial charge is 0.229 e. The average molecular weight is 536 g/mol. The van der Waals surface area contributed by atoms with Gasteiger partial charge in [0.05, 0.1) is 11.5 Å². The van der Waals surface area contributed by atoms with Gasteiger partial charge in [0.25, 0.3) is 0 Å². The van der Waals surface area contributed by atoms with Gasteiger partial charge in [0.1, 0.15) is 0 Å². The van der Waals surface area contributed by atoms with E-state index < -0.39 is 9.84 Å². The molecular weight excluding hydrogens is 519 g/mol. The SMILES string of the molecule is O=S1(=O)CCC(C(CBr)(CBr)Cc2ccc(I)cc2)C1. The summed E-state index contributed by atoms with van der Waals surface area (Å²) in [7, 11) is -2.84. The third-order valence-corrected chi connectivity index (χ3v) is 8.82. The van der Waals surface area contributed by atoms with E-state index in [1.165, 1.54) is 9.13 Å². The first-order valence-electron chi connectivity index (χ1n) is 6.47. The van der Waals surface area contributed by atoms with Crippen molar-refractivity contribution in [2.45, 2.75) is 12.8 Å². The Morgan fingerprint density at radius 1 is 1.20 bits per heavy atom. The van der Waals surface area contributed by atoms with E-state index in [1.807, 2.05) is 0 Å². The zero-order valence-electron chi connectivity index (χ0n) is 11.0.